The molecule has 6 nitrogen and oxygen atoms in total. The third kappa shape index (κ3) is 3.46. The van der Waals surface area contributed by atoms with Gasteiger partial charge in [0.1, 0.15) is 4.88 Å². The number of aryl methyl sites for hydroxylation is 1. The highest BCUT2D eigenvalue weighted by molar-refractivity contribution is 7.11. The first-order chi connectivity index (χ1) is 11.6. The molecule has 0 aliphatic carbocycles. The van der Waals surface area contributed by atoms with E-state index in [9.17, 15) is 9.59 Å². The molecule has 1 aliphatic heterocycles. The second kappa shape index (κ2) is 7.09. The van der Waals surface area contributed by atoms with Gasteiger partial charge in [-0.05, 0) is 37.5 Å². The Morgan fingerprint density at radius 3 is 2.96 bits per heavy atom. The number of rotatable bonds is 4. The first kappa shape index (κ1) is 16.6. The van der Waals surface area contributed by atoms with E-state index in [0.29, 0.717) is 6.54 Å². The summed E-state index contributed by atoms with van der Waals surface area (Å²) >= 11 is 1.39. The van der Waals surface area contributed by atoms with Gasteiger partial charge in [-0.1, -0.05) is 0 Å². The molecule has 1 N–H and O–H groups in total. The zero-order valence-corrected chi connectivity index (χ0v) is 14.6. The Kier molecular flexibility index (Phi) is 4.89. The van der Waals surface area contributed by atoms with Gasteiger partial charge in [-0.2, -0.15) is 0 Å². The summed E-state index contributed by atoms with van der Waals surface area (Å²) in [6.07, 6.45) is 3.66. The van der Waals surface area contributed by atoms with Gasteiger partial charge in [0.25, 0.3) is 5.91 Å². The molecular weight excluding hydrogens is 324 g/mol. The van der Waals surface area contributed by atoms with E-state index in [2.05, 4.69) is 15.3 Å². The van der Waals surface area contributed by atoms with E-state index in [1.54, 1.807) is 11.7 Å². The summed E-state index contributed by atoms with van der Waals surface area (Å²) in [7, 11) is 0. The zero-order chi connectivity index (χ0) is 17.1. The van der Waals surface area contributed by atoms with E-state index in [1.807, 2.05) is 24.0 Å². The van der Waals surface area contributed by atoms with Crippen LogP contribution in [0.5, 0.6) is 0 Å². The molecule has 3 rings (SSSR count). The number of carbonyl (C=O) groups excluding carboxylic acids is 2. The fraction of sp³-hybridized carbons (Fsp3) is 0.412. The minimum absolute atomic E-state index is 0.0534. The number of likely N-dealkylation sites (tertiary alicyclic amines) is 1. The minimum atomic E-state index is -0.0828. The SMILES string of the molecule is CC(=O)NCc1cc([C@@H]2CCCN2C(=O)c2scnc2C)ccn1. The maximum absolute atomic E-state index is 12.8. The highest BCUT2D eigenvalue weighted by atomic mass is 32.1. The number of nitrogens with one attached hydrogen (secondary N) is 1. The van der Waals surface area contributed by atoms with E-state index >= 15 is 0 Å². The summed E-state index contributed by atoms with van der Waals surface area (Å²) in [6, 6.07) is 3.98. The lowest BCUT2D eigenvalue weighted by molar-refractivity contribution is -0.119. The van der Waals surface area contributed by atoms with Crippen molar-refractivity contribution in [1.82, 2.24) is 20.2 Å². The maximum Gasteiger partial charge on any atom is 0.266 e. The standard InChI is InChI=1S/C17H20N4O2S/c1-11-16(24-10-20-11)17(23)21-7-3-4-15(21)13-5-6-18-14(8-13)9-19-12(2)22/h5-6,8,10,15H,3-4,7,9H2,1-2H3,(H,19,22)/t15-/m0/s1. The van der Waals surface area contributed by atoms with E-state index in [0.717, 1.165) is 41.2 Å². The van der Waals surface area contributed by atoms with Crippen molar-refractivity contribution in [1.29, 1.82) is 0 Å². The fourth-order valence-electron chi connectivity index (χ4n) is 3.01. The van der Waals surface area contributed by atoms with Crippen LogP contribution >= 0.6 is 11.3 Å². The van der Waals surface area contributed by atoms with Gasteiger partial charge in [-0.15, -0.1) is 11.3 Å². The molecule has 1 saturated heterocycles. The van der Waals surface area contributed by atoms with Crippen LogP contribution in [0.1, 0.15) is 52.4 Å². The van der Waals surface area contributed by atoms with E-state index in [1.165, 1.54) is 18.3 Å². The molecule has 0 unspecified atom stereocenters. The molecule has 1 atom stereocenters. The Labute approximate surface area is 144 Å². The number of aromatic nitrogens is 2. The van der Waals surface area contributed by atoms with Crippen LogP contribution in [-0.4, -0.2) is 33.2 Å². The average molecular weight is 344 g/mol. The van der Waals surface area contributed by atoms with Crippen LogP contribution in [0.25, 0.3) is 0 Å². The van der Waals surface area contributed by atoms with Gasteiger partial charge >= 0.3 is 0 Å². The van der Waals surface area contributed by atoms with E-state index in [4.69, 9.17) is 0 Å². The number of pyridine rings is 1. The molecule has 1 aliphatic rings. The predicted molar refractivity (Wildman–Crippen MR) is 91.6 cm³/mol. The van der Waals surface area contributed by atoms with Crippen molar-refractivity contribution >= 4 is 23.2 Å². The summed E-state index contributed by atoms with van der Waals surface area (Å²) < 4.78 is 0. The van der Waals surface area contributed by atoms with Crippen LogP contribution < -0.4 is 5.32 Å². The molecule has 0 aromatic carbocycles. The first-order valence-corrected chi connectivity index (χ1v) is 8.84. The highest BCUT2D eigenvalue weighted by Gasteiger charge is 2.32. The zero-order valence-electron chi connectivity index (χ0n) is 13.8. The van der Waals surface area contributed by atoms with Gasteiger partial charge in [-0.25, -0.2) is 4.98 Å². The van der Waals surface area contributed by atoms with E-state index in [-0.39, 0.29) is 17.9 Å². The summed E-state index contributed by atoms with van der Waals surface area (Å²) in [5.74, 6) is -0.0294. The molecule has 0 radical (unpaired) electrons. The summed E-state index contributed by atoms with van der Waals surface area (Å²) in [4.78, 5) is 35.0. The fourth-order valence-corrected chi connectivity index (χ4v) is 3.77. The largest absolute Gasteiger partial charge is 0.351 e. The van der Waals surface area contributed by atoms with Crippen molar-refractivity contribution in [3.05, 3.63) is 45.7 Å². The average Bonchev–Trinajstić information content (AvgIpc) is 3.21. The normalized spacial score (nSPS) is 17.1. The van der Waals surface area contributed by atoms with Crippen molar-refractivity contribution < 1.29 is 9.59 Å². The number of amides is 2. The van der Waals surface area contributed by atoms with Crippen LogP contribution in [0.2, 0.25) is 0 Å². The third-order valence-corrected chi connectivity index (χ3v) is 5.11. The number of hydrogen-bond donors (Lipinski definition) is 1. The van der Waals surface area contributed by atoms with Gasteiger partial charge < -0.3 is 10.2 Å². The van der Waals surface area contributed by atoms with Crippen LogP contribution in [0.4, 0.5) is 0 Å². The molecular formula is C17H20N4O2S. The molecule has 2 aromatic heterocycles. The Morgan fingerprint density at radius 1 is 1.42 bits per heavy atom. The Balaban J connectivity index is 1.80. The van der Waals surface area contributed by atoms with Crippen molar-refractivity contribution in [2.24, 2.45) is 0 Å². The topological polar surface area (TPSA) is 75.2 Å². The molecule has 0 bridgehead atoms. The van der Waals surface area contributed by atoms with Crippen molar-refractivity contribution in [3.63, 3.8) is 0 Å². The Bertz CT molecular complexity index is 759. The maximum atomic E-state index is 12.8. The second-order valence-electron chi connectivity index (χ2n) is 5.91. The van der Waals surface area contributed by atoms with Crippen LogP contribution in [0.3, 0.4) is 0 Å². The van der Waals surface area contributed by atoms with Crippen molar-refractivity contribution in [2.45, 2.75) is 39.3 Å². The molecule has 24 heavy (non-hydrogen) atoms. The third-order valence-electron chi connectivity index (χ3n) is 4.20. The molecule has 0 saturated carbocycles. The molecule has 2 amide bonds. The first-order valence-electron chi connectivity index (χ1n) is 7.96. The van der Waals surface area contributed by atoms with Crippen LogP contribution in [0, 0.1) is 6.92 Å². The molecule has 126 valence electrons. The van der Waals surface area contributed by atoms with Gasteiger partial charge in [0.2, 0.25) is 5.91 Å². The van der Waals surface area contributed by atoms with Gasteiger partial charge in [0.05, 0.1) is 29.5 Å². The number of thiazole rings is 1. The summed E-state index contributed by atoms with van der Waals surface area (Å²) in [6.45, 7) is 4.51. The monoisotopic (exact) mass is 344 g/mol. The second-order valence-corrected chi connectivity index (χ2v) is 6.77. The van der Waals surface area contributed by atoms with Crippen molar-refractivity contribution in [2.75, 3.05) is 6.54 Å². The van der Waals surface area contributed by atoms with Gasteiger partial charge in [-0.3, -0.25) is 14.6 Å². The number of hydrogen-bond acceptors (Lipinski definition) is 5. The van der Waals surface area contributed by atoms with Gasteiger partial charge in [0, 0.05) is 19.7 Å². The molecule has 3 heterocycles. The van der Waals surface area contributed by atoms with Crippen molar-refractivity contribution in [3.8, 4) is 0 Å². The Hall–Kier alpha value is -2.28. The summed E-state index contributed by atoms with van der Waals surface area (Å²) in [5, 5.41) is 2.75. The lowest BCUT2D eigenvalue weighted by atomic mass is 10.0. The summed E-state index contributed by atoms with van der Waals surface area (Å²) in [5.41, 5.74) is 4.37. The quantitative estimate of drug-likeness (QED) is 0.924. The number of nitrogens with zero attached hydrogens (tertiary/aromatic N) is 3. The van der Waals surface area contributed by atoms with Crippen LogP contribution in [0.15, 0.2) is 23.8 Å². The lowest BCUT2D eigenvalue weighted by Gasteiger charge is -2.25. The smallest absolute Gasteiger partial charge is 0.266 e. The highest BCUT2D eigenvalue weighted by Crippen LogP contribution is 2.34. The van der Waals surface area contributed by atoms with Crippen LogP contribution in [-0.2, 0) is 11.3 Å². The lowest BCUT2D eigenvalue weighted by Crippen LogP contribution is -2.30. The minimum Gasteiger partial charge on any atom is -0.351 e. The predicted octanol–water partition coefficient (Wildman–Crippen LogP) is 2.46. The molecule has 0 spiro atoms. The molecule has 2 aromatic rings. The molecule has 1 fully saturated rings. The van der Waals surface area contributed by atoms with Gasteiger partial charge in [0.15, 0.2) is 0 Å². The molecule has 7 heteroatoms. The Morgan fingerprint density at radius 2 is 2.25 bits per heavy atom. The van der Waals surface area contributed by atoms with E-state index < -0.39 is 0 Å². The number of carbonyl (C=O) groups is 2.